The summed E-state index contributed by atoms with van der Waals surface area (Å²) in [5.41, 5.74) is 12.4. The van der Waals surface area contributed by atoms with Crippen molar-refractivity contribution >= 4 is 17.5 Å². The summed E-state index contributed by atoms with van der Waals surface area (Å²) in [5, 5.41) is 0. The second-order valence-electron chi connectivity index (χ2n) is 5.49. The number of piperidine rings is 1. The van der Waals surface area contributed by atoms with Crippen LogP contribution < -0.4 is 16.4 Å². The Morgan fingerprint density at radius 3 is 2.45 bits per heavy atom. The van der Waals surface area contributed by atoms with Gasteiger partial charge in [-0.15, -0.1) is 0 Å². The lowest BCUT2D eigenvalue weighted by molar-refractivity contribution is 0.249. The number of aliphatic imine (C=N–C) groups is 1. The Bertz CT molecular complexity index is 484. The van der Waals surface area contributed by atoms with E-state index in [2.05, 4.69) is 33.9 Å². The molecule has 20 heavy (non-hydrogen) atoms. The van der Waals surface area contributed by atoms with Gasteiger partial charge in [-0.2, -0.15) is 0 Å². The Morgan fingerprint density at radius 1 is 1.30 bits per heavy atom. The van der Waals surface area contributed by atoms with Gasteiger partial charge < -0.3 is 21.3 Å². The number of anilines is 1. The number of hydrogen-bond donors (Lipinski definition) is 2. The summed E-state index contributed by atoms with van der Waals surface area (Å²) in [6, 6.07) is 4.59. The molecule has 0 radical (unpaired) electrons. The summed E-state index contributed by atoms with van der Waals surface area (Å²) in [4.78, 5) is 13.3. The van der Waals surface area contributed by atoms with E-state index >= 15 is 0 Å². The van der Waals surface area contributed by atoms with Crippen LogP contribution in [0.3, 0.4) is 0 Å². The molecule has 0 unspecified atom stereocenters. The third-order valence-electron chi connectivity index (χ3n) is 3.81. The molecule has 0 aromatic carbocycles. The van der Waals surface area contributed by atoms with Crippen LogP contribution in [0.5, 0.6) is 0 Å². The first-order valence-corrected chi connectivity index (χ1v) is 6.96. The molecule has 0 spiro atoms. The van der Waals surface area contributed by atoms with Crippen LogP contribution in [0.25, 0.3) is 0 Å². The second kappa shape index (κ2) is 6.09. The topological polar surface area (TPSA) is 83.8 Å². The maximum atomic E-state index is 5.40. The van der Waals surface area contributed by atoms with E-state index in [1.807, 2.05) is 19.1 Å². The van der Waals surface area contributed by atoms with E-state index in [1.54, 1.807) is 0 Å². The third kappa shape index (κ3) is 3.39. The van der Waals surface area contributed by atoms with E-state index in [1.165, 1.54) is 12.8 Å². The van der Waals surface area contributed by atoms with Crippen molar-refractivity contribution < 1.29 is 0 Å². The molecule has 0 saturated carbocycles. The summed E-state index contributed by atoms with van der Waals surface area (Å²) in [6.45, 7) is 4.01. The molecule has 0 aliphatic carbocycles. The van der Waals surface area contributed by atoms with Crippen LogP contribution in [0.4, 0.5) is 11.5 Å². The monoisotopic (exact) mass is 276 g/mol. The highest BCUT2D eigenvalue weighted by molar-refractivity contribution is 5.79. The second-order valence-corrected chi connectivity index (χ2v) is 5.49. The number of aromatic nitrogens is 1. The average Bonchev–Trinajstić information content (AvgIpc) is 2.41. The highest BCUT2D eigenvalue weighted by atomic mass is 15.2. The van der Waals surface area contributed by atoms with Crippen molar-refractivity contribution in [1.82, 2.24) is 9.88 Å². The number of nitrogens with two attached hydrogens (primary N) is 2. The van der Waals surface area contributed by atoms with Gasteiger partial charge in [0.15, 0.2) is 5.96 Å². The molecule has 0 atom stereocenters. The summed E-state index contributed by atoms with van der Waals surface area (Å²) in [5.74, 6) is 1.07. The molecular formula is C14H24N6. The predicted molar refractivity (Wildman–Crippen MR) is 83.4 cm³/mol. The number of pyridine rings is 1. The predicted octanol–water partition coefficient (Wildman–Crippen LogP) is 0.825. The maximum Gasteiger partial charge on any atom is 0.191 e. The third-order valence-corrected chi connectivity index (χ3v) is 3.81. The van der Waals surface area contributed by atoms with E-state index in [0.29, 0.717) is 6.04 Å². The molecule has 2 heterocycles. The van der Waals surface area contributed by atoms with Crippen LogP contribution in [-0.4, -0.2) is 49.1 Å². The SMILES string of the molecule is Cc1nc(N2CCC(N(C)C)CC2)ccc1N=C(N)N. The largest absolute Gasteiger partial charge is 0.370 e. The van der Waals surface area contributed by atoms with Gasteiger partial charge in [0.2, 0.25) is 0 Å². The Hall–Kier alpha value is -1.82. The van der Waals surface area contributed by atoms with Gasteiger partial charge in [0.1, 0.15) is 5.82 Å². The molecule has 6 heteroatoms. The number of nitrogens with zero attached hydrogens (tertiary/aromatic N) is 4. The van der Waals surface area contributed by atoms with Crippen molar-refractivity contribution in [3.63, 3.8) is 0 Å². The molecule has 110 valence electrons. The molecule has 0 bridgehead atoms. The van der Waals surface area contributed by atoms with E-state index in [0.717, 1.165) is 30.3 Å². The minimum absolute atomic E-state index is 0.0643. The number of guanidine groups is 1. The molecule has 0 amide bonds. The Kier molecular flexibility index (Phi) is 4.44. The lowest BCUT2D eigenvalue weighted by atomic mass is 10.0. The normalized spacial score (nSPS) is 16.5. The van der Waals surface area contributed by atoms with E-state index in [4.69, 9.17) is 11.5 Å². The fourth-order valence-corrected chi connectivity index (χ4v) is 2.59. The molecular weight excluding hydrogens is 252 g/mol. The quantitative estimate of drug-likeness (QED) is 0.631. The highest BCUT2D eigenvalue weighted by Crippen LogP contribution is 2.24. The number of rotatable bonds is 3. The fourth-order valence-electron chi connectivity index (χ4n) is 2.59. The van der Waals surface area contributed by atoms with Crippen LogP contribution in [0.1, 0.15) is 18.5 Å². The first-order valence-electron chi connectivity index (χ1n) is 6.96. The van der Waals surface area contributed by atoms with Crippen LogP contribution in [-0.2, 0) is 0 Å². The number of hydrogen-bond acceptors (Lipinski definition) is 4. The van der Waals surface area contributed by atoms with Gasteiger partial charge in [-0.1, -0.05) is 0 Å². The Balaban J connectivity index is 2.08. The smallest absolute Gasteiger partial charge is 0.191 e. The number of aryl methyl sites for hydroxylation is 1. The van der Waals surface area contributed by atoms with E-state index in [9.17, 15) is 0 Å². The Labute approximate surface area is 120 Å². The first-order chi connectivity index (χ1) is 9.47. The van der Waals surface area contributed by atoms with Crippen molar-refractivity contribution in [3.8, 4) is 0 Å². The van der Waals surface area contributed by atoms with E-state index in [-0.39, 0.29) is 5.96 Å². The van der Waals surface area contributed by atoms with Crippen molar-refractivity contribution in [2.45, 2.75) is 25.8 Å². The van der Waals surface area contributed by atoms with Crippen LogP contribution in [0.2, 0.25) is 0 Å². The van der Waals surface area contributed by atoms with Gasteiger partial charge in [0, 0.05) is 19.1 Å². The van der Waals surface area contributed by atoms with Gasteiger partial charge in [-0.05, 0) is 46.0 Å². The average molecular weight is 276 g/mol. The van der Waals surface area contributed by atoms with Gasteiger partial charge in [-0.25, -0.2) is 9.98 Å². The molecule has 2 rings (SSSR count). The van der Waals surface area contributed by atoms with Gasteiger partial charge >= 0.3 is 0 Å². The molecule has 1 aromatic rings. The minimum atomic E-state index is 0.0643. The van der Waals surface area contributed by atoms with Gasteiger partial charge in [0.05, 0.1) is 11.4 Å². The van der Waals surface area contributed by atoms with Crippen LogP contribution in [0, 0.1) is 6.92 Å². The summed E-state index contributed by atoms with van der Waals surface area (Å²) >= 11 is 0. The zero-order valence-corrected chi connectivity index (χ0v) is 12.5. The molecule has 1 saturated heterocycles. The van der Waals surface area contributed by atoms with Gasteiger partial charge in [0.25, 0.3) is 0 Å². The first kappa shape index (κ1) is 14.6. The highest BCUT2D eigenvalue weighted by Gasteiger charge is 2.21. The standard InChI is InChI=1S/C14H24N6/c1-10-12(18-14(15)16)4-5-13(17-10)20-8-6-11(7-9-20)19(2)3/h4-5,11H,6-9H2,1-3H3,(H4,15,16,18). The van der Waals surface area contributed by atoms with Crippen molar-refractivity contribution in [2.75, 3.05) is 32.1 Å². The molecule has 1 fully saturated rings. The zero-order chi connectivity index (χ0) is 14.7. The van der Waals surface area contributed by atoms with E-state index < -0.39 is 0 Å². The molecule has 1 aromatic heterocycles. The van der Waals surface area contributed by atoms with Crippen LogP contribution >= 0.6 is 0 Å². The molecule has 1 aliphatic rings. The summed E-state index contributed by atoms with van der Waals surface area (Å²) in [7, 11) is 4.29. The minimum Gasteiger partial charge on any atom is -0.370 e. The fraction of sp³-hybridized carbons (Fsp3) is 0.571. The van der Waals surface area contributed by atoms with Crippen molar-refractivity contribution in [1.29, 1.82) is 0 Å². The molecule has 4 N–H and O–H groups in total. The van der Waals surface area contributed by atoms with Crippen LogP contribution in [0.15, 0.2) is 17.1 Å². The maximum absolute atomic E-state index is 5.40. The molecule has 1 aliphatic heterocycles. The lowest BCUT2D eigenvalue weighted by Crippen LogP contribution is -2.42. The van der Waals surface area contributed by atoms with Crippen molar-refractivity contribution in [2.24, 2.45) is 16.5 Å². The zero-order valence-electron chi connectivity index (χ0n) is 12.5. The lowest BCUT2D eigenvalue weighted by Gasteiger charge is -2.36. The van der Waals surface area contributed by atoms with Crippen molar-refractivity contribution in [3.05, 3.63) is 17.8 Å². The summed E-state index contributed by atoms with van der Waals surface area (Å²) < 4.78 is 0. The molecule has 6 nitrogen and oxygen atoms in total. The Morgan fingerprint density at radius 2 is 1.95 bits per heavy atom. The van der Waals surface area contributed by atoms with Gasteiger partial charge in [-0.3, -0.25) is 0 Å². The summed E-state index contributed by atoms with van der Waals surface area (Å²) in [6.07, 6.45) is 2.34.